The Kier molecular flexibility index (Phi) is 6.09. The number of nitrogens with zero attached hydrogens (tertiary/aromatic N) is 1. The van der Waals surface area contributed by atoms with Crippen LogP contribution in [0.4, 0.5) is 11.4 Å². The zero-order valence-electron chi connectivity index (χ0n) is 16.2. The summed E-state index contributed by atoms with van der Waals surface area (Å²) in [4.78, 5) is 37.8. The van der Waals surface area contributed by atoms with Crippen molar-refractivity contribution in [3.63, 3.8) is 0 Å². The van der Waals surface area contributed by atoms with Gasteiger partial charge in [-0.15, -0.1) is 0 Å². The Labute approximate surface area is 164 Å². The molecule has 1 aliphatic rings. The largest absolute Gasteiger partial charge is 0.349 e. The normalized spacial score (nSPS) is 14.6. The van der Waals surface area contributed by atoms with Crippen LogP contribution in [-0.2, 0) is 14.4 Å². The molecular weight excluding hydrogens is 354 g/mol. The Balaban J connectivity index is 1.69. The number of carbonyl (C=O) groups excluding carboxylic acids is 3. The summed E-state index contributed by atoms with van der Waals surface area (Å²) in [5, 5.41) is 5.72. The topological polar surface area (TPSA) is 78.5 Å². The number of hydrogen-bond donors (Lipinski definition) is 2. The molecule has 1 atom stereocenters. The van der Waals surface area contributed by atoms with Crippen LogP contribution >= 0.6 is 0 Å². The summed E-state index contributed by atoms with van der Waals surface area (Å²) in [6.45, 7) is 4.13. The summed E-state index contributed by atoms with van der Waals surface area (Å²) >= 11 is 0. The molecule has 3 rings (SSSR count). The standard InChI is InChI=1S/C22H25N3O3/c1-15-8-10-17(11-9-15)20(23-16(2)26)14-21(27)24-18-5-3-6-19(13-18)25-12-4-7-22(25)28/h3,5-6,8-11,13,20H,4,7,12,14H2,1-2H3,(H,23,26)(H,24,27)/t20-/m0/s1. The number of benzene rings is 2. The Morgan fingerprint density at radius 2 is 1.89 bits per heavy atom. The minimum absolute atomic E-state index is 0.105. The molecule has 6 heteroatoms. The number of carbonyl (C=O) groups is 3. The highest BCUT2D eigenvalue weighted by molar-refractivity contribution is 5.97. The summed E-state index contributed by atoms with van der Waals surface area (Å²) in [5.74, 6) is -0.286. The minimum atomic E-state index is -0.401. The monoisotopic (exact) mass is 379 g/mol. The molecule has 0 radical (unpaired) electrons. The van der Waals surface area contributed by atoms with Gasteiger partial charge in [0.2, 0.25) is 17.7 Å². The van der Waals surface area contributed by atoms with E-state index >= 15 is 0 Å². The molecule has 3 amide bonds. The van der Waals surface area contributed by atoms with Crippen LogP contribution in [0.1, 0.15) is 43.4 Å². The minimum Gasteiger partial charge on any atom is -0.349 e. The lowest BCUT2D eigenvalue weighted by atomic mass is 10.0. The van der Waals surface area contributed by atoms with Crippen molar-refractivity contribution >= 4 is 29.1 Å². The van der Waals surface area contributed by atoms with E-state index in [0.717, 1.165) is 23.2 Å². The van der Waals surface area contributed by atoms with Gasteiger partial charge in [-0.05, 0) is 37.1 Å². The predicted molar refractivity (Wildman–Crippen MR) is 109 cm³/mol. The van der Waals surface area contributed by atoms with Crippen molar-refractivity contribution in [1.82, 2.24) is 5.32 Å². The smallest absolute Gasteiger partial charge is 0.227 e. The molecule has 1 aliphatic heterocycles. The van der Waals surface area contributed by atoms with Crippen molar-refractivity contribution in [2.45, 2.75) is 39.2 Å². The average molecular weight is 379 g/mol. The van der Waals surface area contributed by atoms with Crippen molar-refractivity contribution in [3.8, 4) is 0 Å². The lowest BCUT2D eigenvalue weighted by Gasteiger charge is -2.19. The van der Waals surface area contributed by atoms with Crippen LogP contribution in [0, 0.1) is 6.92 Å². The molecule has 0 unspecified atom stereocenters. The van der Waals surface area contributed by atoms with Gasteiger partial charge >= 0.3 is 0 Å². The first-order chi connectivity index (χ1) is 13.4. The molecule has 28 heavy (non-hydrogen) atoms. The van der Waals surface area contributed by atoms with E-state index in [4.69, 9.17) is 0 Å². The SMILES string of the molecule is CC(=O)N[C@@H](CC(=O)Nc1cccc(N2CCCC2=O)c1)c1ccc(C)cc1. The quantitative estimate of drug-likeness (QED) is 0.808. The lowest BCUT2D eigenvalue weighted by Crippen LogP contribution is -2.29. The highest BCUT2D eigenvalue weighted by Gasteiger charge is 2.22. The number of nitrogens with one attached hydrogen (secondary N) is 2. The molecule has 2 aromatic rings. The van der Waals surface area contributed by atoms with Gasteiger partial charge in [0.05, 0.1) is 12.5 Å². The summed E-state index contributed by atoms with van der Waals surface area (Å²) < 4.78 is 0. The van der Waals surface area contributed by atoms with Gasteiger partial charge in [0.25, 0.3) is 0 Å². The second-order valence-electron chi connectivity index (χ2n) is 7.12. The zero-order valence-corrected chi connectivity index (χ0v) is 16.2. The molecule has 6 nitrogen and oxygen atoms in total. The van der Waals surface area contributed by atoms with Crippen LogP contribution in [-0.4, -0.2) is 24.3 Å². The molecule has 0 saturated carbocycles. The number of rotatable bonds is 6. The average Bonchev–Trinajstić information content (AvgIpc) is 3.07. The second-order valence-corrected chi connectivity index (χ2v) is 7.12. The maximum atomic E-state index is 12.6. The van der Waals surface area contributed by atoms with Crippen molar-refractivity contribution in [3.05, 3.63) is 59.7 Å². The zero-order chi connectivity index (χ0) is 20.1. The van der Waals surface area contributed by atoms with Crippen LogP contribution in [0.2, 0.25) is 0 Å². The van der Waals surface area contributed by atoms with Crippen LogP contribution in [0.25, 0.3) is 0 Å². The maximum Gasteiger partial charge on any atom is 0.227 e. The predicted octanol–water partition coefficient (Wildman–Crippen LogP) is 3.33. The highest BCUT2D eigenvalue weighted by Crippen LogP contribution is 2.25. The fourth-order valence-electron chi connectivity index (χ4n) is 3.37. The molecule has 146 valence electrons. The molecule has 2 aromatic carbocycles. The fourth-order valence-corrected chi connectivity index (χ4v) is 3.37. The Morgan fingerprint density at radius 3 is 2.54 bits per heavy atom. The maximum absolute atomic E-state index is 12.6. The first-order valence-electron chi connectivity index (χ1n) is 9.46. The van der Waals surface area contributed by atoms with Gasteiger partial charge < -0.3 is 15.5 Å². The van der Waals surface area contributed by atoms with E-state index in [1.54, 1.807) is 17.0 Å². The van der Waals surface area contributed by atoms with Crippen LogP contribution in [0.3, 0.4) is 0 Å². The second kappa shape index (κ2) is 8.69. The number of anilines is 2. The molecule has 0 aromatic heterocycles. The van der Waals surface area contributed by atoms with Gasteiger partial charge in [-0.3, -0.25) is 14.4 Å². The van der Waals surface area contributed by atoms with E-state index in [0.29, 0.717) is 18.7 Å². The van der Waals surface area contributed by atoms with E-state index < -0.39 is 6.04 Å². The van der Waals surface area contributed by atoms with Crippen LogP contribution in [0.5, 0.6) is 0 Å². The van der Waals surface area contributed by atoms with E-state index in [1.165, 1.54) is 6.92 Å². The van der Waals surface area contributed by atoms with E-state index in [-0.39, 0.29) is 24.1 Å². The lowest BCUT2D eigenvalue weighted by molar-refractivity contribution is -0.120. The van der Waals surface area contributed by atoms with Crippen LogP contribution in [0.15, 0.2) is 48.5 Å². The van der Waals surface area contributed by atoms with Gasteiger partial charge in [-0.1, -0.05) is 35.9 Å². The first-order valence-corrected chi connectivity index (χ1v) is 9.46. The van der Waals surface area contributed by atoms with Gasteiger partial charge in [-0.25, -0.2) is 0 Å². The molecule has 1 saturated heterocycles. The third-order valence-electron chi connectivity index (χ3n) is 4.76. The van der Waals surface area contributed by atoms with Gasteiger partial charge in [0, 0.05) is 31.3 Å². The molecule has 0 spiro atoms. The van der Waals surface area contributed by atoms with Crippen molar-refractivity contribution in [1.29, 1.82) is 0 Å². The first kappa shape index (κ1) is 19.6. The fraction of sp³-hybridized carbons (Fsp3) is 0.318. The molecule has 2 N–H and O–H groups in total. The van der Waals surface area contributed by atoms with Gasteiger partial charge in [0.1, 0.15) is 0 Å². The highest BCUT2D eigenvalue weighted by atomic mass is 16.2. The van der Waals surface area contributed by atoms with E-state index in [9.17, 15) is 14.4 Å². The molecule has 0 aliphatic carbocycles. The van der Waals surface area contributed by atoms with E-state index in [2.05, 4.69) is 10.6 Å². The Morgan fingerprint density at radius 1 is 1.14 bits per heavy atom. The van der Waals surface area contributed by atoms with Crippen molar-refractivity contribution < 1.29 is 14.4 Å². The third kappa shape index (κ3) is 4.97. The summed E-state index contributed by atoms with van der Waals surface area (Å²) in [6, 6.07) is 14.6. The van der Waals surface area contributed by atoms with Gasteiger partial charge in [0.15, 0.2) is 0 Å². The van der Waals surface area contributed by atoms with Crippen molar-refractivity contribution in [2.75, 3.05) is 16.8 Å². The Hall–Kier alpha value is -3.15. The van der Waals surface area contributed by atoms with Crippen molar-refractivity contribution in [2.24, 2.45) is 0 Å². The third-order valence-corrected chi connectivity index (χ3v) is 4.76. The summed E-state index contributed by atoms with van der Waals surface area (Å²) in [7, 11) is 0. The Bertz CT molecular complexity index is 877. The number of amides is 3. The molecular formula is C22H25N3O3. The molecule has 0 bridgehead atoms. The van der Waals surface area contributed by atoms with Gasteiger partial charge in [-0.2, -0.15) is 0 Å². The molecule has 1 heterocycles. The summed E-state index contributed by atoms with van der Waals surface area (Å²) in [6.07, 6.45) is 1.53. The van der Waals surface area contributed by atoms with Crippen LogP contribution < -0.4 is 15.5 Å². The summed E-state index contributed by atoms with van der Waals surface area (Å²) in [5.41, 5.74) is 3.42. The number of hydrogen-bond acceptors (Lipinski definition) is 3. The van der Waals surface area contributed by atoms with E-state index in [1.807, 2.05) is 43.3 Å². The molecule has 1 fully saturated rings. The number of aryl methyl sites for hydroxylation is 1.